The molecule has 0 atom stereocenters. The highest BCUT2D eigenvalue weighted by atomic mass is 16.5. The molecule has 19 heavy (non-hydrogen) atoms. The van der Waals surface area contributed by atoms with Crippen molar-refractivity contribution < 1.29 is 14.3 Å². The Hall–Kier alpha value is -2.01. The van der Waals surface area contributed by atoms with E-state index in [9.17, 15) is 5.11 Å². The number of nitrogens with zero attached hydrogens (tertiary/aromatic N) is 1. The average molecular weight is 262 g/mol. The van der Waals surface area contributed by atoms with E-state index >= 15 is 0 Å². The molecule has 5 nitrogen and oxygen atoms in total. The number of benzene rings is 1. The number of aromatic nitrogens is 1. The van der Waals surface area contributed by atoms with Crippen molar-refractivity contribution >= 4 is 0 Å². The molecule has 0 saturated carbocycles. The highest BCUT2D eigenvalue weighted by molar-refractivity contribution is 5.39. The second kappa shape index (κ2) is 5.75. The van der Waals surface area contributed by atoms with Gasteiger partial charge in [0.25, 0.3) is 0 Å². The van der Waals surface area contributed by atoms with Gasteiger partial charge in [-0.2, -0.15) is 0 Å². The monoisotopic (exact) mass is 262 g/mol. The van der Waals surface area contributed by atoms with E-state index in [1.54, 1.807) is 25.3 Å². The molecule has 102 valence electrons. The number of ether oxygens (including phenoxy) is 1. The standard InChI is InChI=1S/C14H18N2O3/c1-9-10(2)19-14(16-9)8-15-7-11-6-12(18-3)4-5-13(11)17/h4-6,15,17H,7-8H2,1-3H3. The van der Waals surface area contributed by atoms with E-state index in [2.05, 4.69) is 10.3 Å². The molecule has 0 bridgehead atoms. The van der Waals surface area contributed by atoms with E-state index in [0.29, 0.717) is 19.0 Å². The molecule has 2 rings (SSSR count). The van der Waals surface area contributed by atoms with Gasteiger partial charge in [-0.25, -0.2) is 4.98 Å². The maximum atomic E-state index is 9.74. The zero-order valence-corrected chi connectivity index (χ0v) is 11.4. The molecule has 2 aromatic rings. The summed E-state index contributed by atoms with van der Waals surface area (Å²) in [6.07, 6.45) is 0. The summed E-state index contributed by atoms with van der Waals surface area (Å²) in [5, 5.41) is 12.9. The number of aromatic hydroxyl groups is 1. The molecule has 0 unspecified atom stereocenters. The fourth-order valence-electron chi connectivity index (χ4n) is 1.75. The molecule has 0 fully saturated rings. The van der Waals surface area contributed by atoms with Crippen molar-refractivity contribution in [1.82, 2.24) is 10.3 Å². The lowest BCUT2D eigenvalue weighted by Gasteiger charge is -2.07. The van der Waals surface area contributed by atoms with Gasteiger partial charge in [-0.05, 0) is 32.0 Å². The van der Waals surface area contributed by atoms with Crippen LogP contribution in [-0.4, -0.2) is 17.2 Å². The van der Waals surface area contributed by atoms with Crippen molar-refractivity contribution in [2.45, 2.75) is 26.9 Å². The summed E-state index contributed by atoms with van der Waals surface area (Å²) in [7, 11) is 1.60. The van der Waals surface area contributed by atoms with E-state index in [1.807, 2.05) is 13.8 Å². The van der Waals surface area contributed by atoms with Gasteiger partial charge < -0.3 is 19.6 Å². The van der Waals surface area contributed by atoms with Gasteiger partial charge in [-0.3, -0.25) is 0 Å². The zero-order chi connectivity index (χ0) is 13.8. The molecule has 0 aliphatic rings. The number of aryl methyl sites for hydroxylation is 2. The van der Waals surface area contributed by atoms with Crippen LogP contribution < -0.4 is 10.1 Å². The van der Waals surface area contributed by atoms with Crippen LogP contribution in [0.1, 0.15) is 22.9 Å². The Morgan fingerprint density at radius 1 is 1.32 bits per heavy atom. The van der Waals surface area contributed by atoms with Crippen molar-refractivity contribution in [3.05, 3.63) is 41.1 Å². The summed E-state index contributed by atoms with van der Waals surface area (Å²) in [6.45, 7) is 4.84. The minimum absolute atomic E-state index is 0.244. The number of hydrogen-bond acceptors (Lipinski definition) is 5. The Morgan fingerprint density at radius 3 is 2.74 bits per heavy atom. The molecule has 0 amide bonds. The Kier molecular flexibility index (Phi) is 4.06. The Morgan fingerprint density at radius 2 is 2.11 bits per heavy atom. The zero-order valence-electron chi connectivity index (χ0n) is 11.4. The Balaban J connectivity index is 1.95. The summed E-state index contributed by atoms with van der Waals surface area (Å²) < 4.78 is 10.6. The number of oxazole rings is 1. The lowest BCUT2D eigenvalue weighted by molar-refractivity contribution is 0.409. The minimum atomic E-state index is 0.244. The number of rotatable bonds is 5. The van der Waals surface area contributed by atoms with Crippen LogP contribution in [-0.2, 0) is 13.1 Å². The van der Waals surface area contributed by atoms with Crippen LogP contribution in [0.2, 0.25) is 0 Å². The number of methoxy groups -OCH3 is 1. The summed E-state index contributed by atoms with van der Waals surface area (Å²) in [5.74, 6) is 2.45. The Bertz CT molecular complexity index is 544. The van der Waals surface area contributed by atoms with Gasteiger partial charge in [0.15, 0.2) is 0 Å². The van der Waals surface area contributed by atoms with Crippen molar-refractivity contribution in [2.75, 3.05) is 7.11 Å². The summed E-state index contributed by atoms with van der Waals surface area (Å²) >= 11 is 0. The molecule has 0 aliphatic carbocycles. The first kappa shape index (κ1) is 13.4. The molecule has 1 aromatic heterocycles. The van der Waals surface area contributed by atoms with Gasteiger partial charge in [0, 0.05) is 12.1 Å². The van der Waals surface area contributed by atoms with E-state index < -0.39 is 0 Å². The van der Waals surface area contributed by atoms with Crippen LogP contribution in [0.4, 0.5) is 0 Å². The van der Waals surface area contributed by atoms with E-state index in [1.165, 1.54) is 0 Å². The average Bonchev–Trinajstić information content (AvgIpc) is 2.71. The van der Waals surface area contributed by atoms with Crippen molar-refractivity contribution in [2.24, 2.45) is 0 Å². The van der Waals surface area contributed by atoms with Gasteiger partial charge in [-0.1, -0.05) is 0 Å². The quantitative estimate of drug-likeness (QED) is 0.865. The molecular formula is C14H18N2O3. The Labute approximate surface area is 112 Å². The molecule has 0 spiro atoms. The summed E-state index contributed by atoms with van der Waals surface area (Å²) in [4.78, 5) is 4.28. The predicted octanol–water partition coefficient (Wildman–Crippen LogP) is 2.30. The lowest BCUT2D eigenvalue weighted by atomic mass is 10.2. The van der Waals surface area contributed by atoms with Gasteiger partial charge in [0.2, 0.25) is 5.89 Å². The molecule has 1 aromatic carbocycles. The number of hydrogen-bond donors (Lipinski definition) is 2. The lowest BCUT2D eigenvalue weighted by Crippen LogP contribution is -2.13. The third-order valence-electron chi connectivity index (χ3n) is 2.95. The van der Waals surface area contributed by atoms with Crippen LogP contribution in [0.3, 0.4) is 0 Å². The smallest absolute Gasteiger partial charge is 0.208 e. The highest BCUT2D eigenvalue weighted by Crippen LogP contribution is 2.22. The number of nitrogens with one attached hydrogen (secondary N) is 1. The van der Waals surface area contributed by atoms with Crippen LogP contribution in [0.25, 0.3) is 0 Å². The molecule has 5 heteroatoms. The molecule has 0 saturated heterocycles. The third-order valence-corrected chi connectivity index (χ3v) is 2.95. The van der Waals surface area contributed by atoms with Crippen molar-refractivity contribution in [3.63, 3.8) is 0 Å². The molecule has 0 aliphatic heterocycles. The highest BCUT2D eigenvalue weighted by Gasteiger charge is 2.06. The van der Waals surface area contributed by atoms with Crippen LogP contribution >= 0.6 is 0 Å². The fraction of sp³-hybridized carbons (Fsp3) is 0.357. The van der Waals surface area contributed by atoms with Gasteiger partial charge >= 0.3 is 0 Å². The SMILES string of the molecule is COc1ccc(O)c(CNCc2nc(C)c(C)o2)c1. The number of phenols is 1. The second-order valence-corrected chi connectivity index (χ2v) is 4.35. The molecule has 1 heterocycles. The minimum Gasteiger partial charge on any atom is -0.508 e. The van der Waals surface area contributed by atoms with Gasteiger partial charge in [-0.15, -0.1) is 0 Å². The van der Waals surface area contributed by atoms with Crippen molar-refractivity contribution in [3.8, 4) is 11.5 Å². The fourth-order valence-corrected chi connectivity index (χ4v) is 1.75. The van der Waals surface area contributed by atoms with E-state index in [4.69, 9.17) is 9.15 Å². The van der Waals surface area contributed by atoms with E-state index in [-0.39, 0.29) is 5.75 Å². The maximum absolute atomic E-state index is 9.74. The van der Waals surface area contributed by atoms with Gasteiger partial charge in [0.05, 0.1) is 19.3 Å². The van der Waals surface area contributed by atoms with Crippen LogP contribution in [0.15, 0.2) is 22.6 Å². The molecular weight excluding hydrogens is 244 g/mol. The molecule has 0 radical (unpaired) electrons. The van der Waals surface area contributed by atoms with Crippen molar-refractivity contribution in [1.29, 1.82) is 0 Å². The first-order valence-electron chi connectivity index (χ1n) is 6.09. The first-order valence-corrected chi connectivity index (χ1v) is 6.09. The maximum Gasteiger partial charge on any atom is 0.208 e. The van der Waals surface area contributed by atoms with E-state index in [0.717, 1.165) is 22.8 Å². The largest absolute Gasteiger partial charge is 0.508 e. The first-order chi connectivity index (χ1) is 9.10. The predicted molar refractivity (Wildman–Crippen MR) is 71.2 cm³/mol. The second-order valence-electron chi connectivity index (χ2n) is 4.35. The number of phenolic OH excluding ortho intramolecular Hbond substituents is 1. The molecule has 2 N–H and O–H groups in total. The summed E-state index contributed by atoms with van der Waals surface area (Å²) in [6, 6.07) is 5.14. The topological polar surface area (TPSA) is 67.5 Å². The normalized spacial score (nSPS) is 10.7. The van der Waals surface area contributed by atoms with Crippen LogP contribution in [0, 0.1) is 13.8 Å². The van der Waals surface area contributed by atoms with Crippen LogP contribution in [0.5, 0.6) is 11.5 Å². The third kappa shape index (κ3) is 3.26. The summed E-state index contributed by atoms with van der Waals surface area (Å²) in [5.41, 5.74) is 1.68. The van der Waals surface area contributed by atoms with Gasteiger partial charge in [0.1, 0.15) is 17.3 Å².